The normalized spacial score (nSPS) is 25.1. The summed E-state index contributed by atoms with van der Waals surface area (Å²) in [6.07, 6.45) is -0.497. The number of para-hydroxylation sites is 2. The first-order valence-corrected chi connectivity index (χ1v) is 6.82. The van der Waals surface area contributed by atoms with Gasteiger partial charge in [0.15, 0.2) is 17.6 Å². The van der Waals surface area contributed by atoms with E-state index in [9.17, 15) is 5.11 Å². The van der Waals surface area contributed by atoms with Crippen molar-refractivity contribution in [3.05, 3.63) is 58.6 Å². The van der Waals surface area contributed by atoms with Crippen molar-refractivity contribution in [3.8, 4) is 11.5 Å². The fraction of sp³-hybridized carbons (Fsp3) is 0.200. The minimum Gasteiger partial charge on any atom is -0.480 e. The van der Waals surface area contributed by atoms with Gasteiger partial charge < -0.3 is 14.6 Å². The molecule has 3 rings (SSSR count). The van der Waals surface area contributed by atoms with E-state index in [4.69, 9.17) is 9.47 Å². The third-order valence-corrected chi connectivity index (χ3v) is 3.76. The van der Waals surface area contributed by atoms with E-state index >= 15 is 0 Å². The summed E-state index contributed by atoms with van der Waals surface area (Å²) in [5.41, 5.74) is 0.665. The lowest BCUT2D eigenvalue weighted by molar-refractivity contribution is -0.216. The minimum atomic E-state index is -1.48. The highest BCUT2D eigenvalue weighted by molar-refractivity contribution is 9.10. The van der Waals surface area contributed by atoms with Crippen molar-refractivity contribution in [2.24, 2.45) is 0 Å². The van der Waals surface area contributed by atoms with Gasteiger partial charge in [0.2, 0.25) is 0 Å². The summed E-state index contributed by atoms with van der Waals surface area (Å²) in [4.78, 5) is 0. The van der Waals surface area contributed by atoms with E-state index in [1.807, 2.05) is 42.5 Å². The standard InChI is InChI=1S/C15H13BrO3/c1-10-15(17,11-6-8-12(16)9-7-11)19-14-5-3-2-4-13(14)18-10/h2-10,17H,1H3. The second-order valence-electron chi connectivity index (χ2n) is 4.51. The summed E-state index contributed by atoms with van der Waals surface area (Å²) in [6, 6.07) is 14.7. The molecule has 0 radical (unpaired) electrons. The first kappa shape index (κ1) is 12.5. The van der Waals surface area contributed by atoms with Crippen LogP contribution in [0.4, 0.5) is 0 Å². The Morgan fingerprint density at radius 2 is 1.68 bits per heavy atom. The van der Waals surface area contributed by atoms with E-state index < -0.39 is 11.9 Å². The Morgan fingerprint density at radius 1 is 1.05 bits per heavy atom. The van der Waals surface area contributed by atoms with Crippen LogP contribution in [0.3, 0.4) is 0 Å². The van der Waals surface area contributed by atoms with Crippen molar-refractivity contribution >= 4 is 15.9 Å². The molecule has 4 heteroatoms. The van der Waals surface area contributed by atoms with Crippen molar-refractivity contribution in [1.29, 1.82) is 0 Å². The van der Waals surface area contributed by atoms with Crippen molar-refractivity contribution in [1.82, 2.24) is 0 Å². The van der Waals surface area contributed by atoms with Gasteiger partial charge in [0.1, 0.15) is 0 Å². The maximum Gasteiger partial charge on any atom is 0.272 e. The molecule has 3 nitrogen and oxygen atoms in total. The summed E-state index contributed by atoms with van der Waals surface area (Å²) >= 11 is 3.37. The lowest BCUT2D eigenvalue weighted by Crippen LogP contribution is -2.48. The quantitative estimate of drug-likeness (QED) is 0.874. The first-order chi connectivity index (χ1) is 9.09. The molecule has 0 saturated carbocycles. The fourth-order valence-electron chi connectivity index (χ4n) is 2.14. The molecule has 0 aliphatic carbocycles. The smallest absolute Gasteiger partial charge is 0.272 e. The Kier molecular flexibility index (Phi) is 2.99. The van der Waals surface area contributed by atoms with E-state index in [0.717, 1.165) is 4.47 Å². The van der Waals surface area contributed by atoms with Gasteiger partial charge in [-0.1, -0.05) is 40.2 Å². The van der Waals surface area contributed by atoms with Crippen LogP contribution in [-0.4, -0.2) is 11.2 Å². The van der Waals surface area contributed by atoms with Gasteiger partial charge in [-0.05, 0) is 31.2 Å². The van der Waals surface area contributed by atoms with Crippen LogP contribution < -0.4 is 9.47 Å². The van der Waals surface area contributed by atoms with Crippen molar-refractivity contribution in [2.75, 3.05) is 0 Å². The molecular formula is C15H13BrO3. The second-order valence-corrected chi connectivity index (χ2v) is 5.43. The average Bonchev–Trinajstić information content (AvgIpc) is 2.41. The lowest BCUT2D eigenvalue weighted by Gasteiger charge is -2.39. The average molecular weight is 321 g/mol. The number of fused-ring (bicyclic) bond motifs is 1. The number of rotatable bonds is 1. The largest absolute Gasteiger partial charge is 0.480 e. The highest BCUT2D eigenvalue weighted by Crippen LogP contribution is 2.41. The van der Waals surface area contributed by atoms with E-state index in [1.165, 1.54) is 0 Å². The third-order valence-electron chi connectivity index (χ3n) is 3.23. The number of benzene rings is 2. The van der Waals surface area contributed by atoms with Gasteiger partial charge in [-0.15, -0.1) is 0 Å². The Morgan fingerprint density at radius 3 is 2.37 bits per heavy atom. The number of aliphatic hydroxyl groups is 1. The van der Waals surface area contributed by atoms with Crippen molar-refractivity contribution in [3.63, 3.8) is 0 Å². The maximum absolute atomic E-state index is 10.8. The number of ether oxygens (including phenoxy) is 2. The maximum atomic E-state index is 10.8. The van der Waals surface area contributed by atoms with Crippen LogP contribution in [0.5, 0.6) is 11.5 Å². The Bertz CT molecular complexity index is 597. The van der Waals surface area contributed by atoms with Gasteiger partial charge in [0.05, 0.1) is 0 Å². The van der Waals surface area contributed by atoms with Gasteiger partial charge >= 0.3 is 0 Å². The molecule has 0 fully saturated rings. The van der Waals surface area contributed by atoms with Crippen LogP contribution >= 0.6 is 15.9 Å². The monoisotopic (exact) mass is 320 g/mol. The first-order valence-electron chi connectivity index (χ1n) is 6.03. The van der Waals surface area contributed by atoms with E-state index in [-0.39, 0.29) is 0 Å². The van der Waals surface area contributed by atoms with Crippen molar-refractivity contribution in [2.45, 2.75) is 18.8 Å². The predicted octanol–water partition coefficient (Wildman–Crippen LogP) is 3.45. The molecule has 1 heterocycles. The molecule has 0 bridgehead atoms. The summed E-state index contributed by atoms with van der Waals surface area (Å²) in [6.45, 7) is 1.79. The van der Waals surface area contributed by atoms with Crippen LogP contribution in [0.25, 0.3) is 0 Å². The lowest BCUT2D eigenvalue weighted by atomic mass is 9.99. The molecule has 0 spiro atoms. The zero-order valence-electron chi connectivity index (χ0n) is 10.3. The summed E-state index contributed by atoms with van der Waals surface area (Å²) in [5.74, 6) is -0.280. The SMILES string of the molecule is CC1Oc2ccccc2OC1(O)c1ccc(Br)cc1. The molecule has 98 valence electrons. The molecule has 2 aromatic rings. The van der Waals surface area contributed by atoms with Gasteiger partial charge in [-0.25, -0.2) is 0 Å². The Labute approximate surface area is 119 Å². The Balaban J connectivity index is 2.03. The van der Waals surface area contributed by atoms with Gasteiger partial charge in [-0.2, -0.15) is 0 Å². The molecule has 19 heavy (non-hydrogen) atoms. The van der Waals surface area contributed by atoms with Crippen LogP contribution in [-0.2, 0) is 5.79 Å². The fourth-order valence-corrected chi connectivity index (χ4v) is 2.40. The van der Waals surface area contributed by atoms with Gasteiger partial charge in [0.25, 0.3) is 5.79 Å². The van der Waals surface area contributed by atoms with E-state index in [0.29, 0.717) is 17.1 Å². The molecule has 1 N–H and O–H groups in total. The topological polar surface area (TPSA) is 38.7 Å². The number of hydrogen-bond donors (Lipinski definition) is 1. The second kappa shape index (κ2) is 4.54. The molecule has 0 saturated heterocycles. The van der Waals surface area contributed by atoms with Gasteiger partial charge in [-0.3, -0.25) is 0 Å². The van der Waals surface area contributed by atoms with E-state index in [1.54, 1.807) is 13.0 Å². The van der Waals surface area contributed by atoms with E-state index in [2.05, 4.69) is 15.9 Å². The number of hydrogen-bond acceptors (Lipinski definition) is 3. The highest BCUT2D eigenvalue weighted by atomic mass is 79.9. The van der Waals surface area contributed by atoms with Crippen LogP contribution in [0.15, 0.2) is 53.0 Å². The van der Waals surface area contributed by atoms with Gasteiger partial charge in [0, 0.05) is 10.0 Å². The zero-order valence-corrected chi connectivity index (χ0v) is 11.9. The molecule has 0 amide bonds. The zero-order chi connectivity index (χ0) is 13.5. The summed E-state index contributed by atoms with van der Waals surface area (Å²) in [7, 11) is 0. The molecule has 2 aromatic carbocycles. The molecule has 1 aliphatic rings. The molecule has 2 atom stereocenters. The summed E-state index contributed by atoms with van der Waals surface area (Å²) in [5, 5.41) is 10.8. The summed E-state index contributed by atoms with van der Waals surface area (Å²) < 4.78 is 12.5. The third kappa shape index (κ3) is 2.11. The van der Waals surface area contributed by atoms with Crippen molar-refractivity contribution < 1.29 is 14.6 Å². The molecular weight excluding hydrogens is 308 g/mol. The van der Waals surface area contributed by atoms with Crippen LogP contribution in [0.2, 0.25) is 0 Å². The Hall–Kier alpha value is -1.52. The minimum absolute atomic E-state index is 0.497. The van der Waals surface area contributed by atoms with Crippen LogP contribution in [0, 0.1) is 0 Å². The predicted molar refractivity (Wildman–Crippen MR) is 75.2 cm³/mol. The molecule has 1 aliphatic heterocycles. The number of halogens is 1. The highest BCUT2D eigenvalue weighted by Gasteiger charge is 2.44. The van der Waals surface area contributed by atoms with Crippen LogP contribution in [0.1, 0.15) is 12.5 Å². The molecule has 0 aromatic heterocycles. The molecule has 2 unspecified atom stereocenters.